The second kappa shape index (κ2) is 8.54. The lowest BCUT2D eigenvalue weighted by atomic mass is 10.1. The third-order valence-electron chi connectivity index (χ3n) is 3.77. The fraction of sp³-hybridized carbons (Fsp3) is 0.0952. The molecule has 0 aliphatic heterocycles. The van der Waals surface area contributed by atoms with E-state index >= 15 is 0 Å². The summed E-state index contributed by atoms with van der Waals surface area (Å²) in [5.41, 5.74) is 2.89. The van der Waals surface area contributed by atoms with E-state index in [1.807, 2.05) is 48.5 Å². The van der Waals surface area contributed by atoms with Crippen molar-refractivity contribution in [2.24, 2.45) is 0 Å². The van der Waals surface area contributed by atoms with Gasteiger partial charge in [0.05, 0.1) is 11.6 Å². The monoisotopic (exact) mass is 411 g/mol. The molecule has 1 amide bonds. The first-order valence-corrected chi connectivity index (χ1v) is 8.86. The summed E-state index contributed by atoms with van der Waals surface area (Å²) in [6.45, 7) is -0.0741. The Labute approximate surface area is 160 Å². The van der Waals surface area contributed by atoms with Crippen molar-refractivity contribution in [2.45, 2.75) is 0 Å². The van der Waals surface area contributed by atoms with E-state index in [4.69, 9.17) is 9.47 Å². The van der Waals surface area contributed by atoms with Gasteiger partial charge in [-0.05, 0) is 63.5 Å². The highest BCUT2D eigenvalue weighted by molar-refractivity contribution is 9.10. The average molecular weight is 412 g/mol. The van der Waals surface area contributed by atoms with Crippen molar-refractivity contribution in [3.05, 3.63) is 77.3 Å². The van der Waals surface area contributed by atoms with Gasteiger partial charge in [0.15, 0.2) is 6.61 Å². The van der Waals surface area contributed by atoms with Gasteiger partial charge in [-0.3, -0.25) is 4.79 Å². The van der Waals surface area contributed by atoms with Crippen LogP contribution in [-0.4, -0.2) is 19.6 Å². The summed E-state index contributed by atoms with van der Waals surface area (Å²) in [4.78, 5) is 12.1. The van der Waals surface area contributed by atoms with Gasteiger partial charge in [0.1, 0.15) is 11.5 Å². The summed E-state index contributed by atoms with van der Waals surface area (Å²) < 4.78 is 11.5. The molecule has 1 N–H and O–H groups in total. The van der Waals surface area contributed by atoms with Crippen molar-refractivity contribution in [1.29, 1.82) is 0 Å². The molecule has 0 unspecified atom stereocenters. The fourth-order valence-corrected chi connectivity index (χ4v) is 2.94. The van der Waals surface area contributed by atoms with E-state index in [1.165, 1.54) is 0 Å². The number of hydrogen-bond donors (Lipinski definition) is 1. The summed E-state index contributed by atoms with van der Waals surface area (Å²) >= 11 is 3.51. The zero-order valence-corrected chi connectivity index (χ0v) is 15.8. The standard InChI is InChI=1S/C21H18BrNO3/c1-25-18-10-8-17(9-11-18)23-21(24)14-26-20-12-7-16(13-19(20)22)15-5-3-2-4-6-15/h2-13H,14H2,1H3,(H,23,24). The maximum absolute atomic E-state index is 12.1. The first kappa shape index (κ1) is 18.0. The lowest BCUT2D eigenvalue weighted by molar-refractivity contribution is -0.118. The van der Waals surface area contributed by atoms with Crippen molar-refractivity contribution in [3.63, 3.8) is 0 Å². The van der Waals surface area contributed by atoms with Gasteiger partial charge in [0.2, 0.25) is 0 Å². The summed E-state index contributed by atoms with van der Waals surface area (Å²) in [6, 6.07) is 23.0. The highest BCUT2D eigenvalue weighted by atomic mass is 79.9. The van der Waals surface area contributed by atoms with E-state index in [1.54, 1.807) is 31.4 Å². The minimum absolute atomic E-state index is 0.0741. The molecular formula is C21H18BrNO3. The molecule has 5 heteroatoms. The predicted molar refractivity (Wildman–Crippen MR) is 107 cm³/mol. The molecule has 0 aliphatic rings. The van der Waals surface area contributed by atoms with Gasteiger partial charge >= 0.3 is 0 Å². The molecule has 4 nitrogen and oxygen atoms in total. The number of hydrogen-bond acceptors (Lipinski definition) is 3. The van der Waals surface area contributed by atoms with Crippen LogP contribution in [0.1, 0.15) is 0 Å². The van der Waals surface area contributed by atoms with Crippen molar-refractivity contribution in [2.75, 3.05) is 19.0 Å². The van der Waals surface area contributed by atoms with Crippen LogP contribution in [0.4, 0.5) is 5.69 Å². The first-order chi connectivity index (χ1) is 12.7. The smallest absolute Gasteiger partial charge is 0.262 e. The zero-order chi connectivity index (χ0) is 18.4. The molecule has 0 radical (unpaired) electrons. The van der Waals surface area contributed by atoms with E-state index in [0.29, 0.717) is 11.4 Å². The fourth-order valence-electron chi connectivity index (χ4n) is 2.44. The summed E-state index contributed by atoms with van der Waals surface area (Å²) in [7, 11) is 1.60. The minimum atomic E-state index is -0.228. The molecule has 0 aromatic heterocycles. The highest BCUT2D eigenvalue weighted by Crippen LogP contribution is 2.30. The van der Waals surface area contributed by atoms with Crippen LogP contribution in [0.5, 0.6) is 11.5 Å². The van der Waals surface area contributed by atoms with Crippen LogP contribution >= 0.6 is 15.9 Å². The van der Waals surface area contributed by atoms with Crippen LogP contribution in [0.2, 0.25) is 0 Å². The summed E-state index contributed by atoms with van der Waals surface area (Å²) in [5.74, 6) is 1.13. The topological polar surface area (TPSA) is 47.6 Å². The number of methoxy groups -OCH3 is 1. The number of rotatable bonds is 6. The summed E-state index contributed by atoms with van der Waals surface area (Å²) in [6.07, 6.45) is 0. The Balaban J connectivity index is 1.59. The van der Waals surface area contributed by atoms with Crippen LogP contribution in [0.25, 0.3) is 11.1 Å². The van der Waals surface area contributed by atoms with Crippen LogP contribution in [0.15, 0.2) is 77.3 Å². The first-order valence-electron chi connectivity index (χ1n) is 8.07. The molecule has 0 spiro atoms. The maximum atomic E-state index is 12.1. The van der Waals surface area contributed by atoms with Gasteiger partial charge in [-0.15, -0.1) is 0 Å². The SMILES string of the molecule is COc1ccc(NC(=O)COc2ccc(-c3ccccc3)cc2Br)cc1. The Hall–Kier alpha value is -2.79. The molecule has 0 fully saturated rings. The van der Waals surface area contributed by atoms with Gasteiger partial charge in [0.25, 0.3) is 5.91 Å². The number of ether oxygens (including phenoxy) is 2. The van der Waals surface area contributed by atoms with E-state index in [-0.39, 0.29) is 12.5 Å². The third kappa shape index (κ3) is 4.64. The molecule has 0 aliphatic carbocycles. The Kier molecular flexibility index (Phi) is 5.92. The van der Waals surface area contributed by atoms with Crippen molar-refractivity contribution in [3.8, 4) is 22.6 Å². The second-order valence-electron chi connectivity index (χ2n) is 5.58. The predicted octanol–water partition coefficient (Wildman–Crippen LogP) is 5.14. The van der Waals surface area contributed by atoms with E-state index < -0.39 is 0 Å². The third-order valence-corrected chi connectivity index (χ3v) is 4.39. The van der Waals surface area contributed by atoms with Gasteiger partial charge in [-0.2, -0.15) is 0 Å². The van der Waals surface area contributed by atoms with E-state index in [0.717, 1.165) is 21.3 Å². The molecule has 0 atom stereocenters. The molecule has 3 rings (SSSR count). The van der Waals surface area contributed by atoms with Crippen molar-refractivity contribution < 1.29 is 14.3 Å². The van der Waals surface area contributed by atoms with E-state index in [9.17, 15) is 4.79 Å². The maximum Gasteiger partial charge on any atom is 0.262 e. The number of carbonyl (C=O) groups excluding carboxylic acids is 1. The molecule has 132 valence electrons. The largest absolute Gasteiger partial charge is 0.497 e. The molecule has 26 heavy (non-hydrogen) atoms. The van der Waals surface area contributed by atoms with Crippen LogP contribution in [0, 0.1) is 0 Å². The number of carbonyl (C=O) groups is 1. The Morgan fingerprint density at radius 3 is 2.35 bits per heavy atom. The molecule has 0 bridgehead atoms. The van der Waals surface area contributed by atoms with Gasteiger partial charge in [-0.1, -0.05) is 36.4 Å². The van der Waals surface area contributed by atoms with Crippen molar-refractivity contribution in [1.82, 2.24) is 0 Å². The number of anilines is 1. The van der Waals surface area contributed by atoms with Crippen LogP contribution in [-0.2, 0) is 4.79 Å². The molecule has 3 aromatic rings. The molecular weight excluding hydrogens is 394 g/mol. The highest BCUT2D eigenvalue weighted by Gasteiger charge is 2.08. The van der Waals surface area contributed by atoms with Crippen LogP contribution in [0.3, 0.4) is 0 Å². The second-order valence-corrected chi connectivity index (χ2v) is 6.43. The van der Waals surface area contributed by atoms with Gasteiger partial charge in [-0.25, -0.2) is 0 Å². The molecule has 0 saturated heterocycles. The number of nitrogens with one attached hydrogen (secondary N) is 1. The normalized spacial score (nSPS) is 10.2. The Morgan fingerprint density at radius 2 is 1.69 bits per heavy atom. The van der Waals surface area contributed by atoms with Gasteiger partial charge in [0, 0.05) is 5.69 Å². The zero-order valence-electron chi connectivity index (χ0n) is 14.2. The Bertz CT molecular complexity index is 880. The molecule has 0 heterocycles. The summed E-state index contributed by atoms with van der Waals surface area (Å²) in [5, 5.41) is 2.79. The lowest BCUT2D eigenvalue weighted by Gasteiger charge is -2.11. The quantitative estimate of drug-likeness (QED) is 0.610. The minimum Gasteiger partial charge on any atom is -0.497 e. The number of amides is 1. The lowest BCUT2D eigenvalue weighted by Crippen LogP contribution is -2.20. The van der Waals surface area contributed by atoms with Crippen LogP contribution < -0.4 is 14.8 Å². The average Bonchev–Trinajstić information content (AvgIpc) is 2.68. The van der Waals surface area contributed by atoms with E-state index in [2.05, 4.69) is 21.2 Å². The number of benzene rings is 3. The number of halogens is 1. The van der Waals surface area contributed by atoms with Gasteiger partial charge < -0.3 is 14.8 Å². The Morgan fingerprint density at radius 1 is 0.962 bits per heavy atom. The molecule has 0 saturated carbocycles. The molecule has 3 aromatic carbocycles. The van der Waals surface area contributed by atoms with Crippen molar-refractivity contribution >= 4 is 27.5 Å².